The number of guanidine groups is 1. The van der Waals surface area contributed by atoms with Gasteiger partial charge in [-0.15, -0.1) is 0 Å². The molecule has 4 rings (SSSR count). The zero-order valence-electron chi connectivity index (χ0n) is 16.4. The fraction of sp³-hybridized carbons (Fsp3) is 0.545. The van der Waals surface area contributed by atoms with E-state index in [-0.39, 0.29) is 0 Å². The van der Waals surface area contributed by atoms with E-state index in [4.69, 9.17) is 0 Å². The average Bonchev–Trinajstić information content (AvgIpc) is 3.43. The van der Waals surface area contributed by atoms with Crippen molar-refractivity contribution in [3.8, 4) is 0 Å². The van der Waals surface area contributed by atoms with E-state index in [0.717, 1.165) is 37.8 Å². The molecule has 1 spiro atoms. The number of aromatic nitrogens is 2. The second-order valence-electron chi connectivity index (χ2n) is 8.06. The molecule has 0 atom stereocenters. The maximum Gasteiger partial charge on any atom is 0.193 e. The minimum Gasteiger partial charge on any atom is -0.356 e. The van der Waals surface area contributed by atoms with Gasteiger partial charge in [0.15, 0.2) is 5.96 Å². The van der Waals surface area contributed by atoms with Gasteiger partial charge in [-0.3, -0.25) is 4.99 Å². The Hall–Kier alpha value is -2.30. The van der Waals surface area contributed by atoms with Gasteiger partial charge in [-0.25, -0.2) is 4.98 Å². The Bertz CT molecular complexity index is 758. The molecule has 0 radical (unpaired) electrons. The lowest BCUT2D eigenvalue weighted by molar-refractivity contribution is 0.309. The minimum atomic E-state index is 0.573. The quantitative estimate of drug-likeness (QED) is 0.653. The summed E-state index contributed by atoms with van der Waals surface area (Å²) < 4.78 is 2.24. The molecule has 1 aliphatic carbocycles. The van der Waals surface area contributed by atoms with Crippen LogP contribution in [0.5, 0.6) is 0 Å². The van der Waals surface area contributed by atoms with Crippen molar-refractivity contribution in [3.05, 3.63) is 54.1 Å². The summed E-state index contributed by atoms with van der Waals surface area (Å²) in [5.74, 6) is 2.18. The lowest BCUT2D eigenvalue weighted by Gasteiger charge is -2.25. The molecule has 2 aromatic rings. The van der Waals surface area contributed by atoms with Crippen LogP contribution in [0.15, 0.2) is 47.7 Å². The Morgan fingerprint density at radius 2 is 2.00 bits per heavy atom. The van der Waals surface area contributed by atoms with E-state index >= 15 is 0 Å². The van der Waals surface area contributed by atoms with Crippen LogP contribution in [0.2, 0.25) is 0 Å². The van der Waals surface area contributed by atoms with Crippen LogP contribution < -0.4 is 5.32 Å². The number of benzene rings is 1. The lowest BCUT2D eigenvalue weighted by Crippen LogP contribution is -2.41. The normalized spacial score (nSPS) is 19.1. The van der Waals surface area contributed by atoms with Crippen LogP contribution in [-0.2, 0) is 13.0 Å². The zero-order valence-corrected chi connectivity index (χ0v) is 16.4. The van der Waals surface area contributed by atoms with Crippen molar-refractivity contribution in [1.82, 2.24) is 19.8 Å². The molecule has 27 heavy (non-hydrogen) atoms. The SMILES string of the molecule is CN=C(NCCc1nccn1Cc1ccccc1)N1CCC2(CCCC2)C1. The summed E-state index contributed by atoms with van der Waals surface area (Å²) in [4.78, 5) is 11.6. The van der Waals surface area contributed by atoms with Gasteiger partial charge in [0.05, 0.1) is 0 Å². The first-order valence-electron chi connectivity index (χ1n) is 10.3. The second-order valence-corrected chi connectivity index (χ2v) is 8.06. The molecule has 2 fully saturated rings. The summed E-state index contributed by atoms with van der Waals surface area (Å²) in [7, 11) is 1.90. The van der Waals surface area contributed by atoms with Gasteiger partial charge in [-0.1, -0.05) is 43.2 Å². The maximum absolute atomic E-state index is 4.56. The summed E-state index contributed by atoms with van der Waals surface area (Å²) in [6.45, 7) is 4.05. The van der Waals surface area contributed by atoms with E-state index in [9.17, 15) is 0 Å². The Morgan fingerprint density at radius 1 is 1.19 bits per heavy atom. The van der Waals surface area contributed by atoms with E-state index in [2.05, 4.69) is 61.3 Å². The fourth-order valence-electron chi connectivity index (χ4n) is 4.76. The van der Waals surface area contributed by atoms with E-state index in [1.54, 1.807) is 0 Å². The number of aliphatic imine (C=N–C) groups is 1. The van der Waals surface area contributed by atoms with E-state index in [0.29, 0.717) is 5.41 Å². The van der Waals surface area contributed by atoms with Crippen LogP contribution in [0.1, 0.15) is 43.5 Å². The number of hydrogen-bond donors (Lipinski definition) is 1. The summed E-state index contributed by atoms with van der Waals surface area (Å²) >= 11 is 0. The van der Waals surface area contributed by atoms with Gasteiger partial charge in [0, 0.05) is 52.0 Å². The number of hydrogen-bond acceptors (Lipinski definition) is 2. The number of nitrogens with one attached hydrogen (secondary N) is 1. The van der Waals surface area contributed by atoms with Gasteiger partial charge in [0.2, 0.25) is 0 Å². The highest BCUT2D eigenvalue weighted by Gasteiger charge is 2.40. The molecule has 0 bridgehead atoms. The summed E-state index contributed by atoms with van der Waals surface area (Å²) in [5.41, 5.74) is 1.88. The van der Waals surface area contributed by atoms with Crippen molar-refractivity contribution >= 4 is 5.96 Å². The molecule has 5 nitrogen and oxygen atoms in total. The van der Waals surface area contributed by atoms with Gasteiger partial charge in [0.1, 0.15) is 5.82 Å². The molecule has 2 aliphatic rings. The molecule has 1 aromatic heterocycles. The Kier molecular flexibility index (Phi) is 5.46. The van der Waals surface area contributed by atoms with Crippen LogP contribution >= 0.6 is 0 Å². The van der Waals surface area contributed by atoms with Crippen molar-refractivity contribution in [3.63, 3.8) is 0 Å². The first-order valence-corrected chi connectivity index (χ1v) is 10.3. The second kappa shape index (κ2) is 8.15. The molecule has 1 saturated heterocycles. The monoisotopic (exact) mass is 365 g/mol. The first kappa shape index (κ1) is 18.1. The van der Waals surface area contributed by atoms with Crippen molar-refractivity contribution in [2.45, 2.75) is 45.1 Å². The number of imidazole rings is 1. The van der Waals surface area contributed by atoms with Crippen molar-refractivity contribution in [2.75, 3.05) is 26.7 Å². The topological polar surface area (TPSA) is 45.5 Å². The lowest BCUT2D eigenvalue weighted by atomic mass is 9.86. The molecular formula is C22H31N5. The number of rotatable bonds is 5. The third-order valence-electron chi connectivity index (χ3n) is 6.24. The highest BCUT2D eigenvalue weighted by atomic mass is 15.3. The molecule has 0 amide bonds. The molecule has 1 aliphatic heterocycles. The van der Waals surface area contributed by atoms with Gasteiger partial charge in [0.25, 0.3) is 0 Å². The van der Waals surface area contributed by atoms with Crippen LogP contribution in [0, 0.1) is 5.41 Å². The van der Waals surface area contributed by atoms with Gasteiger partial charge >= 0.3 is 0 Å². The highest BCUT2D eigenvalue weighted by Crippen LogP contribution is 2.45. The van der Waals surface area contributed by atoms with Crippen LogP contribution in [0.25, 0.3) is 0 Å². The minimum absolute atomic E-state index is 0.573. The van der Waals surface area contributed by atoms with Crippen molar-refractivity contribution in [2.24, 2.45) is 10.4 Å². The molecule has 1 aromatic carbocycles. The van der Waals surface area contributed by atoms with Gasteiger partial charge < -0.3 is 14.8 Å². The van der Waals surface area contributed by atoms with Crippen molar-refractivity contribution in [1.29, 1.82) is 0 Å². The molecule has 0 unspecified atom stereocenters. The molecule has 5 heteroatoms. The number of likely N-dealkylation sites (tertiary alicyclic amines) is 1. The number of nitrogens with zero attached hydrogens (tertiary/aromatic N) is 4. The van der Waals surface area contributed by atoms with Gasteiger partial charge in [-0.05, 0) is 30.2 Å². The van der Waals surface area contributed by atoms with Crippen molar-refractivity contribution < 1.29 is 0 Å². The largest absolute Gasteiger partial charge is 0.356 e. The fourth-order valence-corrected chi connectivity index (χ4v) is 4.76. The van der Waals surface area contributed by atoms with Crippen LogP contribution in [0.3, 0.4) is 0 Å². The first-order chi connectivity index (χ1) is 13.3. The van der Waals surface area contributed by atoms with E-state index in [1.165, 1.54) is 44.2 Å². The summed E-state index contributed by atoms with van der Waals surface area (Å²) in [5, 5.41) is 3.57. The third-order valence-corrected chi connectivity index (χ3v) is 6.24. The summed E-state index contributed by atoms with van der Waals surface area (Å²) in [6, 6.07) is 10.6. The van der Waals surface area contributed by atoms with E-state index in [1.807, 2.05) is 13.2 Å². The predicted molar refractivity (Wildman–Crippen MR) is 110 cm³/mol. The summed E-state index contributed by atoms with van der Waals surface area (Å²) in [6.07, 6.45) is 11.8. The molecule has 1 saturated carbocycles. The van der Waals surface area contributed by atoms with Gasteiger partial charge in [-0.2, -0.15) is 0 Å². The highest BCUT2D eigenvalue weighted by molar-refractivity contribution is 5.80. The van der Waals surface area contributed by atoms with E-state index < -0.39 is 0 Å². The molecular weight excluding hydrogens is 334 g/mol. The predicted octanol–water partition coefficient (Wildman–Crippen LogP) is 3.32. The molecule has 1 N–H and O–H groups in total. The Balaban J connectivity index is 1.30. The van der Waals surface area contributed by atoms with Crippen LogP contribution in [0.4, 0.5) is 0 Å². The standard InChI is InChI=1S/C22H31N5/c1-23-21(27-15-12-22(18-27)10-5-6-11-22)25-13-9-20-24-14-16-26(20)17-19-7-3-2-4-8-19/h2-4,7-8,14,16H,5-6,9-13,15,17-18H2,1H3,(H,23,25). The third kappa shape index (κ3) is 4.18. The molecule has 144 valence electrons. The maximum atomic E-state index is 4.56. The average molecular weight is 366 g/mol. The Morgan fingerprint density at radius 3 is 2.78 bits per heavy atom. The molecule has 2 heterocycles. The Labute approximate surface area is 162 Å². The van der Waals surface area contributed by atoms with Crippen LogP contribution in [-0.4, -0.2) is 47.1 Å². The smallest absolute Gasteiger partial charge is 0.193 e. The zero-order chi connectivity index (χ0) is 18.5.